The molecule has 2 saturated heterocycles. The molecule has 10 nitrogen and oxygen atoms in total. The van der Waals surface area contributed by atoms with E-state index < -0.39 is 67.3 Å². The van der Waals surface area contributed by atoms with Gasteiger partial charge in [0.25, 0.3) is 0 Å². The molecule has 4 fully saturated rings. The first-order valence-corrected chi connectivity index (χ1v) is 15.2. The van der Waals surface area contributed by atoms with Crippen molar-refractivity contribution in [2.75, 3.05) is 6.61 Å². The van der Waals surface area contributed by atoms with E-state index in [-0.39, 0.29) is 34.9 Å². The number of hydrogen-bond donors (Lipinski definition) is 6. The van der Waals surface area contributed by atoms with Gasteiger partial charge in [0.05, 0.1) is 24.9 Å². The van der Waals surface area contributed by atoms with Crippen LogP contribution in [0, 0.1) is 28.1 Å². The van der Waals surface area contributed by atoms with Crippen LogP contribution in [-0.4, -0.2) is 105 Å². The molecule has 3 aliphatic carbocycles. The highest BCUT2D eigenvalue weighted by atomic mass is 16.7. The Morgan fingerprint density at radius 3 is 2.17 bits per heavy atom. The van der Waals surface area contributed by atoms with Gasteiger partial charge in [0.1, 0.15) is 36.6 Å². The van der Waals surface area contributed by atoms with E-state index in [0.29, 0.717) is 6.42 Å². The van der Waals surface area contributed by atoms with Gasteiger partial charge in [-0.2, -0.15) is 0 Å². The lowest BCUT2D eigenvalue weighted by molar-refractivity contribution is -0.312. The quantitative estimate of drug-likeness (QED) is 0.253. The summed E-state index contributed by atoms with van der Waals surface area (Å²) in [6.07, 6.45) is -2.16. The molecule has 234 valence electrons. The lowest BCUT2D eigenvalue weighted by atomic mass is 9.44. The highest BCUT2D eigenvalue weighted by Gasteiger charge is 2.60. The number of fused-ring (bicyclic) bond motifs is 3. The van der Waals surface area contributed by atoms with E-state index in [1.807, 2.05) is 6.08 Å². The molecule has 5 aliphatic rings. The van der Waals surface area contributed by atoms with Gasteiger partial charge in [-0.05, 0) is 61.7 Å². The summed E-state index contributed by atoms with van der Waals surface area (Å²) in [6.45, 7) is 14.2. The summed E-state index contributed by atoms with van der Waals surface area (Å²) in [4.78, 5) is 0. The van der Waals surface area contributed by atoms with Crippen molar-refractivity contribution in [1.29, 1.82) is 0 Å². The Kier molecular flexibility index (Phi) is 8.62. The molecule has 0 spiro atoms. The lowest BCUT2D eigenvalue weighted by Crippen LogP contribution is -2.60. The van der Waals surface area contributed by atoms with Crippen molar-refractivity contribution in [3.05, 3.63) is 24.3 Å². The highest BCUT2D eigenvalue weighted by Crippen LogP contribution is 2.64. The Labute approximate surface area is 242 Å². The molecular weight excluding hydrogens is 532 g/mol. The van der Waals surface area contributed by atoms with Crippen molar-refractivity contribution in [3.63, 3.8) is 0 Å². The Morgan fingerprint density at radius 2 is 1.54 bits per heavy atom. The predicted octanol–water partition coefficient (Wildman–Crippen LogP) is 1.40. The second-order valence-electron chi connectivity index (χ2n) is 14.2. The summed E-state index contributed by atoms with van der Waals surface area (Å²) < 4.78 is 24.3. The second-order valence-corrected chi connectivity index (χ2v) is 14.2. The maximum atomic E-state index is 10.7. The van der Waals surface area contributed by atoms with E-state index in [1.165, 1.54) is 5.57 Å². The largest absolute Gasteiger partial charge is 0.394 e. The summed E-state index contributed by atoms with van der Waals surface area (Å²) >= 11 is 0. The van der Waals surface area contributed by atoms with E-state index in [9.17, 15) is 30.6 Å². The Balaban J connectivity index is 1.36. The van der Waals surface area contributed by atoms with Gasteiger partial charge < -0.3 is 49.6 Å². The molecule has 2 saturated carbocycles. The van der Waals surface area contributed by atoms with Crippen LogP contribution in [-0.2, 0) is 18.9 Å². The predicted molar refractivity (Wildman–Crippen MR) is 148 cm³/mol. The zero-order valence-corrected chi connectivity index (χ0v) is 24.9. The van der Waals surface area contributed by atoms with Crippen LogP contribution in [0.5, 0.6) is 0 Å². The van der Waals surface area contributed by atoms with Gasteiger partial charge in [-0.1, -0.05) is 45.4 Å². The van der Waals surface area contributed by atoms with Crippen molar-refractivity contribution in [2.24, 2.45) is 28.1 Å². The first-order chi connectivity index (χ1) is 19.2. The summed E-state index contributed by atoms with van der Waals surface area (Å²) in [7, 11) is 0. The lowest BCUT2D eigenvalue weighted by Gasteiger charge is -2.62. The summed E-state index contributed by atoms with van der Waals surface area (Å²) in [6, 6.07) is 0. The van der Waals surface area contributed by atoms with Crippen LogP contribution in [0.25, 0.3) is 0 Å². The molecule has 15 atom stereocenters. The minimum Gasteiger partial charge on any atom is -0.394 e. The van der Waals surface area contributed by atoms with Gasteiger partial charge in [0, 0.05) is 5.41 Å². The topological polar surface area (TPSA) is 158 Å². The van der Waals surface area contributed by atoms with Crippen molar-refractivity contribution in [2.45, 2.75) is 134 Å². The van der Waals surface area contributed by atoms with Crippen molar-refractivity contribution in [1.82, 2.24) is 0 Å². The van der Waals surface area contributed by atoms with Crippen LogP contribution in [0.4, 0.5) is 0 Å². The first-order valence-electron chi connectivity index (χ1n) is 15.2. The molecule has 2 heterocycles. The van der Waals surface area contributed by atoms with Crippen LogP contribution >= 0.6 is 0 Å². The third-order valence-corrected chi connectivity index (χ3v) is 11.4. The molecule has 2 aliphatic heterocycles. The molecular formula is C31H50O10. The van der Waals surface area contributed by atoms with Crippen LogP contribution in [0.1, 0.15) is 66.7 Å². The number of aliphatic hydroxyl groups excluding tert-OH is 6. The Hall–Kier alpha value is -0.920. The van der Waals surface area contributed by atoms with Crippen LogP contribution < -0.4 is 0 Å². The third kappa shape index (κ3) is 5.16. The molecule has 41 heavy (non-hydrogen) atoms. The van der Waals surface area contributed by atoms with E-state index >= 15 is 0 Å². The number of allylic oxidation sites excluding steroid dienone is 1. The molecule has 10 heteroatoms. The fraction of sp³-hybridized carbons (Fsp3) is 0.871. The number of hydrogen-bond acceptors (Lipinski definition) is 10. The maximum absolute atomic E-state index is 10.7. The van der Waals surface area contributed by atoms with Gasteiger partial charge in [0.15, 0.2) is 12.6 Å². The molecule has 0 aromatic heterocycles. The monoisotopic (exact) mass is 582 g/mol. The van der Waals surface area contributed by atoms with Gasteiger partial charge in [-0.25, -0.2) is 0 Å². The molecule has 6 N–H and O–H groups in total. The summed E-state index contributed by atoms with van der Waals surface area (Å²) in [5.41, 5.74) is 0.545. The van der Waals surface area contributed by atoms with Gasteiger partial charge >= 0.3 is 0 Å². The average molecular weight is 583 g/mol. The van der Waals surface area contributed by atoms with E-state index in [0.717, 1.165) is 25.7 Å². The molecule has 0 unspecified atom stereocenters. The fourth-order valence-electron chi connectivity index (χ4n) is 8.71. The van der Waals surface area contributed by atoms with Gasteiger partial charge in [-0.15, -0.1) is 6.58 Å². The Bertz CT molecular complexity index is 1000. The van der Waals surface area contributed by atoms with Gasteiger partial charge in [0.2, 0.25) is 0 Å². The smallest absolute Gasteiger partial charge is 0.186 e. The summed E-state index contributed by atoms with van der Waals surface area (Å²) in [5.74, 6) is 0.498. The number of ether oxygens (including phenoxy) is 4. The van der Waals surface area contributed by atoms with Crippen molar-refractivity contribution >= 4 is 0 Å². The maximum Gasteiger partial charge on any atom is 0.186 e. The van der Waals surface area contributed by atoms with Crippen LogP contribution in [0.15, 0.2) is 24.3 Å². The molecule has 5 rings (SSSR count). The first kappa shape index (κ1) is 31.5. The van der Waals surface area contributed by atoms with Crippen LogP contribution in [0.3, 0.4) is 0 Å². The Morgan fingerprint density at radius 1 is 0.902 bits per heavy atom. The summed E-state index contributed by atoms with van der Waals surface area (Å²) in [5, 5.41) is 61.4. The zero-order chi connectivity index (χ0) is 30.1. The van der Waals surface area contributed by atoms with Gasteiger partial charge in [-0.3, -0.25) is 0 Å². The average Bonchev–Trinajstić information content (AvgIpc) is 3.20. The fourth-order valence-corrected chi connectivity index (χ4v) is 8.71. The second kappa shape index (κ2) is 11.2. The molecule has 0 radical (unpaired) electrons. The van der Waals surface area contributed by atoms with Crippen LogP contribution in [0.2, 0.25) is 0 Å². The van der Waals surface area contributed by atoms with Crippen molar-refractivity contribution < 1.29 is 49.6 Å². The molecule has 0 aromatic rings. The standard InChI is InChI=1S/C31H50O10/c1-7-30(5)13-16-8-9-19-29(3,4)20(40-28-25(36)23(34)18(14-32)39-28)10-11-31(19,6)17(16)12-21(30)41-27-26(37)24(35)22(33)15(2)38-27/h7,13,15,17-28,32-37H,1,8-12,14H2,2-6H3/t15-,17-,18+,19-,20-,21+,22+,23+,24+,25-,26-,27+,28+,30-,31-/m1/s1. The third-order valence-electron chi connectivity index (χ3n) is 11.4. The normalized spacial score (nSPS) is 53.2. The van der Waals surface area contributed by atoms with E-state index in [2.05, 4.69) is 40.3 Å². The highest BCUT2D eigenvalue weighted by molar-refractivity contribution is 5.29. The molecule has 0 bridgehead atoms. The zero-order valence-electron chi connectivity index (χ0n) is 24.9. The van der Waals surface area contributed by atoms with E-state index in [4.69, 9.17) is 18.9 Å². The molecule has 0 aromatic carbocycles. The number of rotatable bonds is 6. The SMILES string of the molecule is C=C[C@]1(C)C=C2CC[C@@H]3C(C)(C)[C@H](O[C@@H]4O[C@@H](CO)[C@H](O)[C@H]4O)CC[C@]3(C)[C@@H]2C[C@@H]1O[C@@H]1O[C@H](C)[C@H](O)[C@H](O)[C@H]1O. The van der Waals surface area contributed by atoms with Crippen molar-refractivity contribution in [3.8, 4) is 0 Å². The molecule has 0 amide bonds. The van der Waals surface area contributed by atoms with E-state index in [1.54, 1.807) is 6.92 Å². The number of aliphatic hydroxyl groups is 6. The minimum absolute atomic E-state index is 0.0745. The minimum atomic E-state index is -1.38.